The highest BCUT2D eigenvalue weighted by Gasteiger charge is 2.65. The fourth-order valence-electron chi connectivity index (χ4n) is 5.90. The SMILES string of the molecule is COCCN(CC(=O)N(Cc1ccccc1)Cc1cccs1)S(=O)(=O)CC12CCC(CC1=O)C2(C)C. The van der Waals surface area contributed by atoms with Gasteiger partial charge in [-0.25, -0.2) is 8.42 Å². The first-order valence-electron chi connectivity index (χ1n) is 12.4. The summed E-state index contributed by atoms with van der Waals surface area (Å²) in [5.41, 5.74) is -0.277. The minimum atomic E-state index is -3.90. The number of thiophene rings is 1. The minimum absolute atomic E-state index is 0.0498. The third kappa shape index (κ3) is 5.30. The van der Waals surface area contributed by atoms with E-state index in [1.807, 2.05) is 61.7 Å². The number of sulfonamides is 1. The first-order chi connectivity index (χ1) is 17.1. The summed E-state index contributed by atoms with van der Waals surface area (Å²) in [4.78, 5) is 29.3. The molecule has 0 spiro atoms. The number of hydrogen-bond acceptors (Lipinski definition) is 6. The van der Waals surface area contributed by atoms with Gasteiger partial charge in [-0.2, -0.15) is 4.31 Å². The molecule has 2 fully saturated rings. The number of carbonyl (C=O) groups excluding carboxylic acids is 2. The fourth-order valence-corrected chi connectivity index (χ4v) is 8.76. The van der Waals surface area contributed by atoms with E-state index in [-0.39, 0.29) is 48.5 Å². The molecule has 2 aliphatic rings. The van der Waals surface area contributed by atoms with E-state index in [2.05, 4.69) is 0 Å². The molecule has 1 aromatic heterocycles. The summed E-state index contributed by atoms with van der Waals surface area (Å²) in [6.07, 6.45) is 1.91. The number of ketones is 1. The Morgan fingerprint density at radius 1 is 1.14 bits per heavy atom. The summed E-state index contributed by atoms with van der Waals surface area (Å²) in [5, 5.41) is 1.96. The number of nitrogens with zero attached hydrogens (tertiary/aromatic N) is 2. The van der Waals surface area contributed by atoms with Crippen molar-refractivity contribution in [3.05, 3.63) is 58.3 Å². The Labute approximate surface area is 218 Å². The van der Waals surface area contributed by atoms with Gasteiger partial charge in [-0.3, -0.25) is 9.59 Å². The second-order valence-corrected chi connectivity index (χ2v) is 13.6. The highest BCUT2D eigenvalue weighted by molar-refractivity contribution is 7.89. The zero-order chi connectivity index (χ0) is 26.0. The predicted molar refractivity (Wildman–Crippen MR) is 141 cm³/mol. The highest BCUT2D eigenvalue weighted by Crippen LogP contribution is 2.64. The molecule has 2 bridgehead atoms. The van der Waals surface area contributed by atoms with Crippen LogP contribution in [0.15, 0.2) is 47.8 Å². The quantitative estimate of drug-likeness (QED) is 0.413. The van der Waals surface area contributed by atoms with E-state index >= 15 is 0 Å². The van der Waals surface area contributed by atoms with E-state index in [4.69, 9.17) is 4.74 Å². The van der Waals surface area contributed by atoms with Gasteiger partial charge in [-0.15, -0.1) is 11.3 Å². The van der Waals surface area contributed by atoms with Crippen LogP contribution in [-0.4, -0.2) is 61.9 Å². The lowest BCUT2D eigenvalue weighted by atomic mass is 9.70. The second-order valence-electron chi connectivity index (χ2n) is 10.6. The molecule has 1 heterocycles. The predicted octanol–water partition coefficient (Wildman–Crippen LogP) is 3.95. The van der Waals surface area contributed by atoms with Gasteiger partial charge in [0.15, 0.2) is 0 Å². The van der Waals surface area contributed by atoms with Crippen LogP contribution in [-0.2, 0) is 37.4 Å². The van der Waals surface area contributed by atoms with Crippen molar-refractivity contribution >= 4 is 33.1 Å². The Kier molecular flexibility index (Phi) is 8.04. The van der Waals surface area contributed by atoms with Crippen molar-refractivity contribution < 1.29 is 22.7 Å². The number of hydrogen-bond donors (Lipinski definition) is 0. The molecule has 2 aromatic rings. The average molecular weight is 533 g/mol. The van der Waals surface area contributed by atoms with Gasteiger partial charge >= 0.3 is 0 Å². The van der Waals surface area contributed by atoms with Crippen molar-refractivity contribution in [1.29, 1.82) is 0 Å². The van der Waals surface area contributed by atoms with Crippen molar-refractivity contribution in [1.82, 2.24) is 9.21 Å². The molecule has 0 N–H and O–H groups in total. The molecule has 4 rings (SSSR count). The maximum absolute atomic E-state index is 13.8. The number of fused-ring (bicyclic) bond motifs is 2. The Hall–Kier alpha value is -2.07. The number of benzene rings is 1. The van der Waals surface area contributed by atoms with Crippen LogP contribution in [0.1, 0.15) is 43.6 Å². The van der Waals surface area contributed by atoms with Gasteiger partial charge in [0.1, 0.15) is 5.78 Å². The van der Waals surface area contributed by atoms with Crippen LogP contribution >= 0.6 is 11.3 Å². The first-order valence-corrected chi connectivity index (χ1v) is 14.9. The molecule has 36 heavy (non-hydrogen) atoms. The Morgan fingerprint density at radius 2 is 1.89 bits per heavy atom. The van der Waals surface area contributed by atoms with Crippen LogP contribution in [0.4, 0.5) is 0 Å². The molecule has 2 aliphatic carbocycles. The molecule has 2 atom stereocenters. The Bertz CT molecular complexity index is 1160. The molecule has 0 aliphatic heterocycles. The molecule has 9 heteroatoms. The molecular formula is C27H36N2O5S2. The lowest BCUT2D eigenvalue weighted by Gasteiger charge is -2.37. The van der Waals surface area contributed by atoms with E-state index in [1.165, 1.54) is 11.4 Å². The summed E-state index contributed by atoms with van der Waals surface area (Å²) >= 11 is 1.56. The Balaban J connectivity index is 1.56. The molecule has 7 nitrogen and oxygen atoms in total. The summed E-state index contributed by atoms with van der Waals surface area (Å²) in [5.74, 6) is -0.246. The number of amides is 1. The third-order valence-electron chi connectivity index (χ3n) is 8.31. The van der Waals surface area contributed by atoms with E-state index < -0.39 is 15.4 Å². The Morgan fingerprint density at radius 3 is 2.47 bits per heavy atom. The molecule has 1 amide bonds. The van der Waals surface area contributed by atoms with E-state index in [1.54, 1.807) is 16.2 Å². The molecule has 2 unspecified atom stereocenters. The molecule has 0 saturated heterocycles. The molecular weight excluding hydrogens is 496 g/mol. The smallest absolute Gasteiger partial charge is 0.238 e. The lowest BCUT2D eigenvalue weighted by Crippen LogP contribution is -2.49. The van der Waals surface area contributed by atoms with Crippen LogP contribution in [0.3, 0.4) is 0 Å². The lowest BCUT2D eigenvalue weighted by molar-refractivity contribution is -0.132. The summed E-state index contributed by atoms with van der Waals surface area (Å²) < 4.78 is 34.0. The van der Waals surface area contributed by atoms with Gasteiger partial charge in [0, 0.05) is 36.9 Å². The van der Waals surface area contributed by atoms with Gasteiger partial charge in [0.2, 0.25) is 15.9 Å². The van der Waals surface area contributed by atoms with Crippen LogP contribution < -0.4 is 0 Å². The van der Waals surface area contributed by atoms with Crippen molar-refractivity contribution in [3.63, 3.8) is 0 Å². The average Bonchev–Trinajstić information content (AvgIpc) is 3.48. The standard InChI is InChI=1S/C27H36N2O5S2/c1-26(2)22-11-12-27(26,24(30)16-22)20-36(32,33)29(13-14-34-3)19-25(31)28(18-23-10-7-15-35-23)17-21-8-5-4-6-9-21/h4-10,15,22H,11-14,16-20H2,1-3H3. The fraction of sp³-hybridized carbons (Fsp3) is 0.556. The van der Waals surface area contributed by atoms with Gasteiger partial charge < -0.3 is 9.64 Å². The monoisotopic (exact) mass is 532 g/mol. The van der Waals surface area contributed by atoms with E-state index in [0.717, 1.165) is 16.9 Å². The number of Topliss-reactive ketones (excluding diaryl/α,β-unsaturated/α-hetero) is 1. The van der Waals surface area contributed by atoms with Crippen LogP contribution in [0.5, 0.6) is 0 Å². The molecule has 196 valence electrons. The maximum Gasteiger partial charge on any atom is 0.238 e. The van der Waals surface area contributed by atoms with Gasteiger partial charge in [-0.05, 0) is 41.2 Å². The zero-order valence-electron chi connectivity index (χ0n) is 21.3. The number of carbonyl (C=O) groups is 2. The highest BCUT2D eigenvalue weighted by atomic mass is 32.2. The van der Waals surface area contributed by atoms with E-state index in [9.17, 15) is 18.0 Å². The number of rotatable bonds is 12. The number of ether oxygens (including phenoxy) is 1. The topological polar surface area (TPSA) is 84.0 Å². The largest absolute Gasteiger partial charge is 0.383 e. The first kappa shape index (κ1) is 27.0. The number of methoxy groups -OCH3 is 1. The van der Waals surface area contributed by atoms with Crippen molar-refractivity contribution in [2.75, 3.05) is 32.6 Å². The summed E-state index contributed by atoms with van der Waals surface area (Å²) in [6.45, 7) is 4.79. The summed E-state index contributed by atoms with van der Waals surface area (Å²) in [6, 6.07) is 13.6. The van der Waals surface area contributed by atoms with E-state index in [0.29, 0.717) is 25.9 Å². The third-order valence-corrected chi connectivity index (χ3v) is 11.1. The van der Waals surface area contributed by atoms with Gasteiger partial charge in [0.05, 0.1) is 25.4 Å². The zero-order valence-corrected chi connectivity index (χ0v) is 22.9. The van der Waals surface area contributed by atoms with Crippen LogP contribution in [0.25, 0.3) is 0 Å². The normalized spacial score (nSPS) is 22.9. The summed E-state index contributed by atoms with van der Waals surface area (Å²) in [7, 11) is -2.39. The van der Waals surface area contributed by atoms with Crippen molar-refractivity contribution in [3.8, 4) is 0 Å². The minimum Gasteiger partial charge on any atom is -0.383 e. The van der Waals surface area contributed by atoms with Crippen LogP contribution in [0.2, 0.25) is 0 Å². The molecule has 1 aromatic carbocycles. The molecule has 0 radical (unpaired) electrons. The van der Waals surface area contributed by atoms with Crippen LogP contribution in [0, 0.1) is 16.7 Å². The maximum atomic E-state index is 13.8. The van der Waals surface area contributed by atoms with Gasteiger partial charge in [-0.1, -0.05) is 50.2 Å². The van der Waals surface area contributed by atoms with Crippen molar-refractivity contribution in [2.24, 2.45) is 16.7 Å². The van der Waals surface area contributed by atoms with Gasteiger partial charge in [0.25, 0.3) is 0 Å². The molecule has 2 saturated carbocycles. The van der Waals surface area contributed by atoms with Crippen molar-refractivity contribution in [2.45, 2.75) is 46.2 Å². The second kappa shape index (κ2) is 10.7.